The number of carboxylic acid groups (broad SMARTS) is 1. The van der Waals surface area contributed by atoms with Crippen molar-refractivity contribution in [3.63, 3.8) is 0 Å². The smallest absolute Gasteiger partial charge is 0.317 e. The largest absolute Gasteiger partial charge is 0.480 e. The molecule has 0 bridgehead atoms. The summed E-state index contributed by atoms with van der Waals surface area (Å²) < 4.78 is 0. The van der Waals surface area contributed by atoms with Gasteiger partial charge in [0.15, 0.2) is 0 Å². The molecule has 6 heteroatoms. The average molecular weight is 334 g/mol. The van der Waals surface area contributed by atoms with Crippen LogP contribution in [-0.2, 0) is 4.79 Å². The molecule has 1 N–H and O–H groups in total. The predicted molar refractivity (Wildman–Crippen MR) is 92.3 cm³/mol. The van der Waals surface area contributed by atoms with Crippen LogP contribution in [0.5, 0.6) is 0 Å². The van der Waals surface area contributed by atoms with E-state index in [4.69, 9.17) is 21.7 Å². The summed E-state index contributed by atoms with van der Waals surface area (Å²) in [5.41, 5.74) is 0.903. The highest BCUT2D eigenvalue weighted by atomic mass is 35.5. The van der Waals surface area contributed by atoms with E-state index in [1.54, 1.807) is 0 Å². The summed E-state index contributed by atoms with van der Waals surface area (Å²) in [6.45, 7) is 1.86. The van der Waals surface area contributed by atoms with Crippen molar-refractivity contribution in [2.75, 3.05) is 31.6 Å². The van der Waals surface area contributed by atoms with E-state index in [-0.39, 0.29) is 6.54 Å². The van der Waals surface area contributed by atoms with Gasteiger partial charge in [0.1, 0.15) is 5.82 Å². The van der Waals surface area contributed by atoms with Crippen molar-refractivity contribution in [1.82, 2.24) is 9.88 Å². The summed E-state index contributed by atoms with van der Waals surface area (Å²) in [5, 5.41) is 10.7. The number of fused-ring (bicyclic) bond motifs is 1. The van der Waals surface area contributed by atoms with E-state index >= 15 is 0 Å². The second kappa shape index (κ2) is 6.72. The molecule has 0 radical (unpaired) electrons. The van der Waals surface area contributed by atoms with Gasteiger partial charge in [0, 0.05) is 29.5 Å². The summed E-state index contributed by atoms with van der Waals surface area (Å²) in [6.07, 6.45) is 1.89. The molecule has 1 aliphatic heterocycles. The van der Waals surface area contributed by atoms with Crippen molar-refractivity contribution < 1.29 is 9.90 Å². The summed E-state index contributed by atoms with van der Waals surface area (Å²) in [5.74, 6) is 0.183. The van der Waals surface area contributed by atoms with Crippen molar-refractivity contribution in [3.05, 3.63) is 35.4 Å². The molecule has 2 heterocycles. The number of hydrogen-bond donors (Lipinski definition) is 1. The summed E-state index contributed by atoms with van der Waals surface area (Å²) in [6, 6.07) is 10.1. The third-order valence-corrected chi connectivity index (χ3v) is 4.67. The maximum atomic E-state index is 10.8. The standard InChI is InChI=1S/C17H20ClN3O2/c1-20(11-17(22)23)14-6-8-21(9-7-14)16-5-3-12-2-4-13(18)10-15(12)19-16/h2-5,10,14H,6-9,11H2,1H3,(H,22,23). The number of nitrogens with zero attached hydrogens (tertiary/aromatic N) is 3. The topological polar surface area (TPSA) is 56.7 Å². The molecule has 1 saturated heterocycles. The van der Waals surface area contributed by atoms with Gasteiger partial charge in [-0.1, -0.05) is 17.7 Å². The van der Waals surface area contributed by atoms with Crippen LogP contribution >= 0.6 is 11.6 Å². The molecule has 5 nitrogen and oxygen atoms in total. The first-order valence-electron chi connectivity index (χ1n) is 7.76. The molecule has 0 aliphatic carbocycles. The Bertz CT molecular complexity index is 714. The number of benzene rings is 1. The number of carboxylic acids is 1. The highest BCUT2D eigenvalue weighted by Crippen LogP contribution is 2.24. The van der Waals surface area contributed by atoms with Gasteiger partial charge in [0.2, 0.25) is 0 Å². The van der Waals surface area contributed by atoms with Gasteiger partial charge < -0.3 is 10.0 Å². The molecular weight excluding hydrogens is 314 g/mol. The Hall–Kier alpha value is -1.85. The van der Waals surface area contributed by atoms with Crippen LogP contribution in [0.1, 0.15) is 12.8 Å². The third-order valence-electron chi connectivity index (χ3n) is 4.44. The number of likely N-dealkylation sites (N-methyl/N-ethyl adjacent to an activating group) is 1. The van der Waals surface area contributed by atoms with Crippen molar-refractivity contribution in [1.29, 1.82) is 0 Å². The Labute approximate surface area is 140 Å². The number of pyridine rings is 1. The Balaban J connectivity index is 1.69. The maximum Gasteiger partial charge on any atom is 0.317 e. The fourth-order valence-electron chi connectivity index (χ4n) is 3.13. The minimum atomic E-state index is -0.775. The second-order valence-corrected chi connectivity index (χ2v) is 6.47. The number of carbonyl (C=O) groups is 1. The van der Waals surface area contributed by atoms with Crippen LogP contribution in [0.25, 0.3) is 10.9 Å². The Morgan fingerprint density at radius 1 is 1.35 bits per heavy atom. The van der Waals surface area contributed by atoms with Crippen LogP contribution in [0, 0.1) is 0 Å². The van der Waals surface area contributed by atoms with Gasteiger partial charge in [-0.3, -0.25) is 9.69 Å². The molecular formula is C17H20ClN3O2. The van der Waals surface area contributed by atoms with Gasteiger partial charge in [-0.15, -0.1) is 0 Å². The number of piperidine rings is 1. The summed E-state index contributed by atoms with van der Waals surface area (Å²) >= 11 is 6.05. The molecule has 0 amide bonds. The predicted octanol–water partition coefficient (Wildman–Crippen LogP) is 2.87. The van der Waals surface area contributed by atoms with Crippen molar-refractivity contribution >= 4 is 34.3 Å². The van der Waals surface area contributed by atoms with E-state index in [9.17, 15) is 4.79 Å². The highest BCUT2D eigenvalue weighted by Gasteiger charge is 2.24. The van der Waals surface area contributed by atoms with Crippen LogP contribution in [0.2, 0.25) is 5.02 Å². The Morgan fingerprint density at radius 3 is 2.74 bits per heavy atom. The number of aliphatic carboxylic acids is 1. The van der Waals surface area contributed by atoms with Gasteiger partial charge in [-0.05, 0) is 44.2 Å². The summed E-state index contributed by atoms with van der Waals surface area (Å²) in [4.78, 5) is 19.7. The van der Waals surface area contributed by atoms with Crippen LogP contribution < -0.4 is 4.90 Å². The minimum absolute atomic E-state index is 0.0946. The fraction of sp³-hybridized carbons (Fsp3) is 0.412. The van der Waals surface area contributed by atoms with Gasteiger partial charge >= 0.3 is 5.97 Å². The molecule has 3 rings (SSSR count). The lowest BCUT2D eigenvalue weighted by Gasteiger charge is -2.36. The normalized spacial score (nSPS) is 16.2. The van der Waals surface area contributed by atoms with Crippen LogP contribution in [0.4, 0.5) is 5.82 Å². The highest BCUT2D eigenvalue weighted by molar-refractivity contribution is 6.31. The first-order chi connectivity index (χ1) is 11.0. The Morgan fingerprint density at radius 2 is 2.04 bits per heavy atom. The molecule has 0 unspecified atom stereocenters. The van der Waals surface area contributed by atoms with E-state index in [1.165, 1.54) is 0 Å². The van der Waals surface area contributed by atoms with Crippen LogP contribution in [0.15, 0.2) is 30.3 Å². The van der Waals surface area contributed by atoms with E-state index in [0.717, 1.165) is 42.7 Å². The lowest BCUT2D eigenvalue weighted by molar-refractivity contribution is -0.138. The number of hydrogen-bond acceptors (Lipinski definition) is 4. The number of halogens is 1. The fourth-order valence-corrected chi connectivity index (χ4v) is 3.30. The first-order valence-corrected chi connectivity index (χ1v) is 8.14. The zero-order chi connectivity index (χ0) is 16.4. The molecule has 1 aromatic carbocycles. The number of rotatable bonds is 4. The van der Waals surface area contributed by atoms with E-state index in [1.807, 2.05) is 36.2 Å². The van der Waals surface area contributed by atoms with Gasteiger partial charge in [0.25, 0.3) is 0 Å². The van der Waals surface area contributed by atoms with Gasteiger partial charge in [0.05, 0.1) is 12.1 Å². The number of aromatic nitrogens is 1. The quantitative estimate of drug-likeness (QED) is 0.932. The molecule has 23 heavy (non-hydrogen) atoms. The average Bonchev–Trinajstić information content (AvgIpc) is 2.53. The third kappa shape index (κ3) is 3.74. The van der Waals surface area contributed by atoms with Crippen LogP contribution in [0.3, 0.4) is 0 Å². The summed E-state index contributed by atoms with van der Waals surface area (Å²) in [7, 11) is 1.88. The molecule has 122 valence electrons. The van der Waals surface area contributed by atoms with E-state index in [0.29, 0.717) is 11.1 Å². The zero-order valence-corrected chi connectivity index (χ0v) is 13.8. The first kappa shape index (κ1) is 16.0. The lowest BCUT2D eigenvalue weighted by Crippen LogP contribution is -2.45. The van der Waals surface area contributed by atoms with Crippen molar-refractivity contribution in [2.45, 2.75) is 18.9 Å². The molecule has 1 fully saturated rings. The maximum absolute atomic E-state index is 10.8. The molecule has 2 aromatic rings. The van der Waals surface area contributed by atoms with Crippen LogP contribution in [-0.4, -0.2) is 53.7 Å². The Kier molecular flexibility index (Phi) is 4.68. The molecule has 0 spiro atoms. The molecule has 0 atom stereocenters. The molecule has 1 aromatic heterocycles. The molecule has 0 saturated carbocycles. The SMILES string of the molecule is CN(CC(=O)O)C1CCN(c2ccc3ccc(Cl)cc3n2)CC1. The number of anilines is 1. The van der Waals surface area contributed by atoms with Gasteiger partial charge in [-0.2, -0.15) is 0 Å². The van der Waals surface area contributed by atoms with Crippen molar-refractivity contribution in [2.24, 2.45) is 0 Å². The zero-order valence-electron chi connectivity index (χ0n) is 13.1. The van der Waals surface area contributed by atoms with Gasteiger partial charge in [-0.25, -0.2) is 4.98 Å². The monoisotopic (exact) mass is 333 g/mol. The molecule has 1 aliphatic rings. The minimum Gasteiger partial charge on any atom is -0.480 e. The van der Waals surface area contributed by atoms with Crippen molar-refractivity contribution in [3.8, 4) is 0 Å². The van der Waals surface area contributed by atoms with E-state index in [2.05, 4.69) is 11.0 Å². The lowest BCUT2D eigenvalue weighted by atomic mass is 10.0. The van der Waals surface area contributed by atoms with E-state index < -0.39 is 5.97 Å². The second-order valence-electron chi connectivity index (χ2n) is 6.03.